The summed E-state index contributed by atoms with van der Waals surface area (Å²) < 4.78 is 31.1. The second-order valence-electron chi connectivity index (χ2n) is 12.7. The molecule has 0 radical (unpaired) electrons. The number of hydrogen-bond donors (Lipinski definition) is 0. The van der Waals surface area contributed by atoms with Crippen molar-refractivity contribution in [2.75, 3.05) is 20.8 Å². The zero-order chi connectivity index (χ0) is 27.8. The summed E-state index contributed by atoms with van der Waals surface area (Å²) in [6.45, 7) is 23.3. The van der Waals surface area contributed by atoms with Gasteiger partial charge in [0.15, 0.2) is 16.6 Å². The molecular weight excluding hydrogens is 488 g/mol. The van der Waals surface area contributed by atoms with Crippen LogP contribution < -0.4 is 4.74 Å². The summed E-state index contributed by atoms with van der Waals surface area (Å²) >= 11 is 0. The number of rotatable bonds is 15. The van der Waals surface area contributed by atoms with Crippen LogP contribution in [0.25, 0.3) is 0 Å². The summed E-state index contributed by atoms with van der Waals surface area (Å²) in [5.74, 6) is 0.808. The molecule has 0 unspecified atom stereocenters. The minimum absolute atomic E-state index is 0.0339. The lowest BCUT2D eigenvalue weighted by molar-refractivity contribution is -0.112. The first-order valence-electron chi connectivity index (χ1n) is 13.0. The molecule has 8 heteroatoms. The maximum Gasteiger partial charge on any atom is 0.192 e. The minimum Gasteiger partial charge on any atom is -0.497 e. The number of carbonyl (C=O) groups excluding carboxylic acids is 1. The standard InChI is InChI=1S/C28H52O6Si2/c1-27(2,3)35(9,10)33-21-26(34-36(11,12)28(4,5)6)25(19-24(31-8)17-18-29)32-20-22-13-15-23(30-7)16-14-22/h13-16,18,24-26H,17,19-21H2,1-12H3/t24-,25+,26+/m0/s1. The normalized spacial score (nSPS) is 15.9. The number of benzene rings is 1. The zero-order valence-electron chi connectivity index (χ0n) is 24.9. The van der Waals surface area contributed by atoms with Gasteiger partial charge >= 0.3 is 0 Å². The molecule has 3 atom stereocenters. The summed E-state index contributed by atoms with van der Waals surface area (Å²) in [4.78, 5) is 11.3. The maximum atomic E-state index is 11.3. The SMILES string of the molecule is COc1ccc(CO[C@H](C[C@H](CC=O)OC)[C@@H](CO[Si](C)(C)C(C)(C)C)O[Si](C)(C)C(C)(C)C)cc1. The molecule has 0 bridgehead atoms. The van der Waals surface area contributed by atoms with Crippen molar-refractivity contribution in [1.82, 2.24) is 0 Å². The Bertz CT molecular complexity index is 781. The van der Waals surface area contributed by atoms with Crippen LogP contribution >= 0.6 is 0 Å². The molecule has 36 heavy (non-hydrogen) atoms. The lowest BCUT2D eigenvalue weighted by atomic mass is 10.0. The van der Waals surface area contributed by atoms with Gasteiger partial charge in [0, 0.05) is 20.0 Å². The highest BCUT2D eigenvalue weighted by atomic mass is 28.4. The van der Waals surface area contributed by atoms with Crippen LogP contribution in [0.4, 0.5) is 0 Å². The number of ether oxygens (including phenoxy) is 3. The second kappa shape index (κ2) is 13.7. The molecule has 1 aromatic rings. The van der Waals surface area contributed by atoms with Crippen molar-refractivity contribution in [2.45, 2.75) is 116 Å². The molecule has 1 rings (SSSR count). The van der Waals surface area contributed by atoms with E-state index in [9.17, 15) is 4.79 Å². The molecule has 0 aliphatic rings. The van der Waals surface area contributed by atoms with E-state index in [1.807, 2.05) is 24.3 Å². The van der Waals surface area contributed by atoms with E-state index in [-0.39, 0.29) is 28.4 Å². The van der Waals surface area contributed by atoms with E-state index in [1.165, 1.54) is 0 Å². The van der Waals surface area contributed by atoms with Gasteiger partial charge in [0.1, 0.15) is 12.0 Å². The van der Waals surface area contributed by atoms with Gasteiger partial charge in [-0.15, -0.1) is 0 Å². The van der Waals surface area contributed by atoms with Crippen molar-refractivity contribution < 1.29 is 27.9 Å². The maximum absolute atomic E-state index is 11.3. The molecule has 0 heterocycles. The Morgan fingerprint density at radius 1 is 0.861 bits per heavy atom. The highest BCUT2D eigenvalue weighted by Gasteiger charge is 2.43. The van der Waals surface area contributed by atoms with Gasteiger partial charge in [0.25, 0.3) is 0 Å². The number of aldehydes is 1. The van der Waals surface area contributed by atoms with Crippen molar-refractivity contribution in [3.63, 3.8) is 0 Å². The summed E-state index contributed by atoms with van der Waals surface area (Å²) in [5, 5.41) is 0.118. The molecule has 0 saturated heterocycles. The van der Waals surface area contributed by atoms with E-state index in [0.717, 1.165) is 17.6 Å². The van der Waals surface area contributed by atoms with Gasteiger partial charge in [-0.3, -0.25) is 0 Å². The average molecular weight is 541 g/mol. The summed E-state index contributed by atoms with van der Waals surface area (Å²) in [7, 11) is -0.861. The van der Waals surface area contributed by atoms with Crippen LogP contribution in [-0.4, -0.2) is 62.1 Å². The highest BCUT2D eigenvalue weighted by Crippen LogP contribution is 2.40. The molecule has 0 N–H and O–H groups in total. The van der Waals surface area contributed by atoms with Crippen LogP contribution in [0.3, 0.4) is 0 Å². The lowest BCUT2D eigenvalue weighted by Crippen LogP contribution is -2.52. The molecule has 0 aliphatic carbocycles. The highest BCUT2D eigenvalue weighted by molar-refractivity contribution is 6.74. The van der Waals surface area contributed by atoms with Crippen molar-refractivity contribution in [3.8, 4) is 5.75 Å². The van der Waals surface area contributed by atoms with Crippen LogP contribution in [0.1, 0.15) is 59.9 Å². The lowest BCUT2D eigenvalue weighted by Gasteiger charge is -2.43. The smallest absolute Gasteiger partial charge is 0.192 e. The number of methoxy groups -OCH3 is 2. The van der Waals surface area contributed by atoms with Gasteiger partial charge in [-0.1, -0.05) is 53.7 Å². The number of hydrogen-bond acceptors (Lipinski definition) is 6. The molecule has 1 aromatic carbocycles. The van der Waals surface area contributed by atoms with Crippen LogP contribution in [-0.2, 0) is 29.7 Å². The second-order valence-corrected chi connectivity index (χ2v) is 22.2. The average Bonchev–Trinajstić information content (AvgIpc) is 2.77. The Morgan fingerprint density at radius 3 is 1.86 bits per heavy atom. The van der Waals surface area contributed by atoms with Crippen molar-refractivity contribution in [1.29, 1.82) is 0 Å². The topological polar surface area (TPSA) is 63.2 Å². The van der Waals surface area contributed by atoms with E-state index in [2.05, 4.69) is 67.7 Å². The van der Waals surface area contributed by atoms with E-state index < -0.39 is 16.6 Å². The molecule has 0 aliphatic heterocycles. The Morgan fingerprint density at radius 2 is 1.42 bits per heavy atom. The first kappa shape index (κ1) is 33.0. The number of carbonyl (C=O) groups is 1. The van der Waals surface area contributed by atoms with E-state index in [0.29, 0.717) is 26.1 Å². The van der Waals surface area contributed by atoms with Crippen molar-refractivity contribution in [2.24, 2.45) is 0 Å². The van der Waals surface area contributed by atoms with Crippen LogP contribution in [0.2, 0.25) is 36.3 Å². The first-order valence-corrected chi connectivity index (χ1v) is 18.8. The van der Waals surface area contributed by atoms with Gasteiger partial charge in [-0.2, -0.15) is 0 Å². The molecule has 0 spiro atoms. The van der Waals surface area contributed by atoms with E-state index in [4.69, 9.17) is 23.1 Å². The monoisotopic (exact) mass is 540 g/mol. The fourth-order valence-corrected chi connectivity index (χ4v) is 5.53. The summed E-state index contributed by atoms with van der Waals surface area (Å²) in [5.41, 5.74) is 1.04. The molecular formula is C28H52O6Si2. The largest absolute Gasteiger partial charge is 0.497 e. The van der Waals surface area contributed by atoms with Gasteiger partial charge in [0.05, 0.1) is 38.6 Å². The molecule has 0 amide bonds. The van der Waals surface area contributed by atoms with E-state index >= 15 is 0 Å². The quantitative estimate of drug-likeness (QED) is 0.176. The van der Waals surface area contributed by atoms with Gasteiger partial charge in [-0.05, 0) is 54.0 Å². The Hall–Kier alpha value is -1.04. The predicted molar refractivity (Wildman–Crippen MR) is 153 cm³/mol. The minimum atomic E-state index is -2.14. The van der Waals surface area contributed by atoms with Gasteiger partial charge < -0.3 is 27.9 Å². The van der Waals surface area contributed by atoms with Crippen molar-refractivity contribution >= 4 is 22.9 Å². The summed E-state index contributed by atoms with van der Waals surface area (Å²) in [6.07, 6.45) is 0.949. The molecule has 0 saturated carbocycles. The van der Waals surface area contributed by atoms with Crippen LogP contribution in [0.15, 0.2) is 24.3 Å². The molecule has 6 nitrogen and oxygen atoms in total. The molecule has 208 valence electrons. The summed E-state index contributed by atoms with van der Waals surface area (Å²) in [6, 6.07) is 7.88. The Balaban J connectivity index is 3.30. The Kier molecular flexibility index (Phi) is 12.5. The van der Waals surface area contributed by atoms with Gasteiger partial charge in [-0.25, -0.2) is 0 Å². The Labute approximate surface area is 222 Å². The first-order chi connectivity index (χ1) is 16.5. The third-order valence-electron chi connectivity index (χ3n) is 7.89. The fourth-order valence-electron chi connectivity index (χ4n) is 3.19. The van der Waals surface area contributed by atoms with Crippen LogP contribution in [0, 0.1) is 0 Å². The fraction of sp³-hybridized carbons (Fsp3) is 0.750. The molecule has 0 fully saturated rings. The van der Waals surface area contributed by atoms with Crippen LogP contribution in [0.5, 0.6) is 5.75 Å². The molecule has 0 aromatic heterocycles. The zero-order valence-corrected chi connectivity index (χ0v) is 26.9. The van der Waals surface area contributed by atoms with Gasteiger partial charge in [0.2, 0.25) is 0 Å². The third kappa shape index (κ3) is 10.0. The van der Waals surface area contributed by atoms with E-state index in [1.54, 1.807) is 14.2 Å². The van der Waals surface area contributed by atoms with Crippen molar-refractivity contribution in [3.05, 3.63) is 29.8 Å². The predicted octanol–water partition coefficient (Wildman–Crippen LogP) is 6.99. The third-order valence-corrected chi connectivity index (χ3v) is 16.9.